The lowest BCUT2D eigenvalue weighted by Crippen LogP contribution is -1.92. The van der Waals surface area contributed by atoms with Gasteiger partial charge in [0, 0.05) is 0 Å². The molecule has 0 fully saturated rings. The zero-order chi connectivity index (χ0) is 4.99. The van der Waals surface area contributed by atoms with Gasteiger partial charge in [-0.15, -0.1) is 0 Å². The summed E-state index contributed by atoms with van der Waals surface area (Å²) in [6.07, 6.45) is 2.85. The maximum atomic E-state index is 9.72. The van der Waals surface area contributed by atoms with Crippen LogP contribution in [0, 0.1) is 0 Å². The average Bonchev–Trinajstić information content (AvgIpc) is 1.65. The lowest BCUT2D eigenvalue weighted by Gasteiger charge is -1.89. The van der Waals surface area contributed by atoms with Crippen molar-refractivity contribution < 1.29 is 4.79 Å². The van der Waals surface area contributed by atoms with Gasteiger partial charge in [0.15, 0.2) is 0 Å². The van der Waals surface area contributed by atoms with E-state index in [1.165, 1.54) is 0 Å². The average molecular weight is 104 g/mol. The Bertz CT molecular complexity index is 44.8. The summed E-state index contributed by atoms with van der Waals surface area (Å²) in [6.45, 7) is 1.87. The number of thioether (sulfide) groups is 1. The van der Waals surface area contributed by atoms with Gasteiger partial charge in [0.1, 0.15) is 6.29 Å². The zero-order valence-corrected chi connectivity index (χ0v) is 4.79. The van der Waals surface area contributed by atoms with Crippen LogP contribution < -0.4 is 0 Å². The summed E-state index contributed by atoms with van der Waals surface area (Å²) in [6, 6.07) is 0. The third-order valence-electron chi connectivity index (χ3n) is 0.563. The monoisotopic (exact) mass is 104 g/mol. The lowest BCUT2D eigenvalue weighted by atomic mass is 10.5. The fourth-order valence-electron chi connectivity index (χ4n) is 0.0556. The van der Waals surface area contributed by atoms with Gasteiger partial charge in [-0.2, -0.15) is 11.8 Å². The molecule has 0 heterocycles. The minimum absolute atomic E-state index is 0.171. The number of rotatable bonds is 2. The molecular formula is C4H8OS. The standard InChI is InChI=1S/C4H8OS/c1-4(3-5)6-2/h3-4H,1-2H3. The van der Waals surface area contributed by atoms with Crippen molar-refractivity contribution in [2.24, 2.45) is 0 Å². The molecule has 0 amide bonds. The molecule has 0 aliphatic carbocycles. The van der Waals surface area contributed by atoms with Gasteiger partial charge < -0.3 is 4.79 Å². The van der Waals surface area contributed by atoms with E-state index in [-0.39, 0.29) is 5.25 Å². The Morgan fingerprint density at radius 2 is 2.33 bits per heavy atom. The van der Waals surface area contributed by atoms with Crippen molar-refractivity contribution in [3.05, 3.63) is 0 Å². The first kappa shape index (κ1) is 6.02. The third-order valence-corrected chi connectivity index (χ3v) is 1.42. The summed E-state index contributed by atoms with van der Waals surface area (Å²) in [5.74, 6) is 0. The van der Waals surface area contributed by atoms with Crippen molar-refractivity contribution in [3.63, 3.8) is 0 Å². The van der Waals surface area contributed by atoms with Crippen LogP contribution in [0.5, 0.6) is 0 Å². The molecular weight excluding hydrogens is 96.1 g/mol. The number of carbonyl (C=O) groups is 1. The first-order chi connectivity index (χ1) is 2.81. The van der Waals surface area contributed by atoms with E-state index < -0.39 is 0 Å². The van der Waals surface area contributed by atoms with Crippen LogP contribution in [-0.2, 0) is 4.79 Å². The molecule has 0 radical (unpaired) electrons. The molecule has 1 nitrogen and oxygen atoms in total. The Morgan fingerprint density at radius 3 is 2.33 bits per heavy atom. The van der Waals surface area contributed by atoms with Crippen LogP contribution in [0.4, 0.5) is 0 Å². The van der Waals surface area contributed by atoms with Gasteiger partial charge in [-0.25, -0.2) is 0 Å². The van der Waals surface area contributed by atoms with Gasteiger partial charge in [0.25, 0.3) is 0 Å². The molecule has 0 bridgehead atoms. The molecule has 1 atom stereocenters. The van der Waals surface area contributed by atoms with Crippen LogP contribution in [0.3, 0.4) is 0 Å². The van der Waals surface area contributed by atoms with E-state index in [1.54, 1.807) is 11.8 Å². The molecule has 6 heavy (non-hydrogen) atoms. The van der Waals surface area contributed by atoms with Gasteiger partial charge >= 0.3 is 0 Å². The van der Waals surface area contributed by atoms with Gasteiger partial charge in [-0.3, -0.25) is 0 Å². The largest absolute Gasteiger partial charge is 0.302 e. The number of hydrogen-bond donors (Lipinski definition) is 0. The summed E-state index contributed by atoms with van der Waals surface area (Å²) in [5.41, 5.74) is 0. The molecule has 0 aliphatic rings. The molecule has 36 valence electrons. The molecule has 0 spiro atoms. The molecule has 0 aromatic rings. The molecule has 0 saturated carbocycles. The van der Waals surface area contributed by atoms with E-state index in [4.69, 9.17) is 0 Å². The van der Waals surface area contributed by atoms with E-state index in [0.29, 0.717) is 0 Å². The van der Waals surface area contributed by atoms with Crippen molar-refractivity contribution in [1.82, 2.24) is 0 Å². The SMILES string of the molecule is CSC(C)C=O. The summed E-state index contributed by atoms with van der Waals surface area (Å²) in [4.78, 5) is 9.72. The predicted molar refractivity (Wildman–Crippen MR) is 29.0 cm³/mol. The number of carbonyl (C=O) groups excluding carboxylic acids is 1. The maximum Gasteiger partial charge on any atom is 0.132 e. The molecule has 0 aromatic heterocycles. The van der Waals surface area contributed by atoms with Gasteiger partial charge in [0.05, 0.1) is 5.25 Å². The third kappa shape index (κ3) is 2.27. The summed E-state index contributed by atoms with van der Waals surface area (Å²) >= 11 is 1.56. The second kappa shape index (κ2) is 3.22. The minimum atomic E-state index is 0.171. The van der Waals surface area contributed by atoms with E-state index in [1.807, 2.05) is 13.2 Å². The zero-order valence-electron chi connectivity index (χ0n) is 3.97. The highest BCUT2D eigenvalue weighted by Crippen LogP contribution is 1.98. The van der Waals surface area contributed by atoms with Gasteiger partial charge in [-0.05, 0) is 13.2 Å². The second-order valence-electron chi connectivity index (χ2n) is 1.08. The van der Waals surface area contributed by atoms with Crippen molar-refractivity contribution >= 4 is 18.0 Å². The Balaban J connectivity index is 2.96. The Hall–Kier alpha value is 0.0200. The van der Waals surface area contributed by atoms with Crippen LogP contribution >= 0.6 is 11.8 Å². The fourth-order valence-corrected chi connectivity index (χ4v) is 0.167. The molecule has 0 N–H and O–H groups in total. The lowest BCUT2D eigenvalue weighted by molar-refractivity contribution is -0.107. The van der Waals surface area contributed by atoms with Crippen LogP contribution in [-0.4, -0.2) is 17.8 Å². The molecule has 0 aromatic carbocycles. The van der Waals surface area contributed by atoms with Crippen LogP contribution in [0.2, 0.25) is 0 Å². The maximum absolute atomic E-state index is 9.72. The van der Waals surface area contributed by atoms with Crippen LogP contribution in [0.15, 0.2) is 0 Å². The molecule has 0 aliphatic heterocycles. The smallest absolute Gasteiger partial charge is 0.132 e. The second-order valence-corrected chi connectivity index (χ2v) is 2.29. The van der Waals surface area contributed by atoms with Crippen molar-refractivity contribution in [1.29, 1.82) is 0 Å². The Morgan fingerprint density at radius 1 is 1.83 bits per heavy atom. The first-order valence-electron chi connectivity index (χ1n) is 1.79. The Kier molecular flexibility index (Phi) is 3.23. The topological polar surface area (TPSA) is 17.1 Å². The molecule has 0 saturated heterocycles. The molecule has 1 unspecified atom stereocenters. The highest BCUT2D eigenvalue weighted by Gasteiger charge is 1.89. The van der Waals surface area contributed by atoms with E-state index >= 15 is 0 Å². The number of aldehydes is 1. The summed E-state index contributed by atoms with van der Waals surface area (Å²) in [7, 11) is 0. The minimum Gasteiger partial charge on any atom is -0.302 e. The van der Waals surface area contributed by atoms with Crippen LogP contribution in [0.1, 0.15) is 6.92 Å². The van der Waals surface area contributed by atoms with E-state index in [0.717, 1.165) is 6.29 Å². The predicted octanol–water partition coefficient (Wildman–Crippen LogP) is 0.937. The van der Waals surface area contributed by atoms with Gasteiger partial charge in [-0.1, -0.05) is 0 Å². The fraction of sp³-hybridized carbons (Fsp3) is 0.750. The first-order valence-corrected chi connectivity index (χ1v) is 3.08. The summed E-state index contributed by atoms with van der Waals surface area (Å²) in [5, 5.41) is 0.171. The highest BCUT2D eigenvalue weighted by atomic mass is 32.2. The van der Waals surface area contributed by atoms with E-state index in [9.17, 15) is 4.79 Å². The normalized spacial score (nSPS) is 13.7. The van der Waals surface area contributed by atoms with Crippen molar-refractivity contribution in [3.8, 4) is 0 Å². The molecule has 0 rings (SSSR count). The van der Waals surface area contributed by atoms with Crippen molar-refractivity contribution in [2.75, 3.05) is 6.26 Å². The van der Waals surface area contributed by atoms with Gasteiger partial charge in [0.2, 0.25) is 0 Å². The van der Waals surface area contributed by atoms with E-state index in [2.05, 4.69) is 0 Å². The summed E-state index contributed by atoms with van der Waals surface area (Å²) < 4.78 is 0. The highest BCUT2D eigenvalue weighted by molar-refractivity contribution is 7.99. The quantitative estimate of drug-likeness (QED) is 0.485. The van der Waals surface area contributed by atoms with Crippen molar-refractivity contribution in [2.45, 2.75) is 12.2 Å². The van der Waals surface area contributed by atoms with Crippen LogP contribution in [0.25, 0.3) is 0 Å². The number of hydrogen-bond acceptors (Lipinski definition) is 2. The Labute approximate surface area is 42.1 Å². The molecule has 2 heteroatoms.